The number of aliphatic carboxylic acids is 1. The normalized spacial score (nSPS) is 28.8. The number of aliphatic hydroxyl groups excluding tert-OH is 2. The summed E-state index contributed by atoms with van der Waals surface area (Å²) in [7, 11) is 0. The monoisotopic (exact) mass is 397 g/mol. The third kappa shape index (κ3) is 7.36. The Kier molecular flexibility index (Phi) is 10.3. The molecule has 0 aromatic heterocycles. The number of rotatable bonds is 15. The maximum absolute atomic E-state index is 10.5. The van der Waals surface area contributed by atoms with Crippen LogP contribution in [0.1, 0.15) is 90.4 Å². The van der Waals surface area contributed by atoms with Gasteiger partial charge in [0.2, 0.25) is 0 Å². The molecule has 0 bridgehead atoms. The molecule has 0 aliphatic heterocycles. The van der Waals surface area contributed by atoms with Gasteiger partial charge in [-0.3, -0.25) is 4.79 Å². The first-order chi connectivity index (χ1) is 13.5. The molecule has 28 heavy (non-hydrogen) atoms. The Morgan fingerprint density at radius 2 is 1.89 bits per heavy atom. The van der Waals surface area contributed by atoms with Crippen LogP contribution < -0.4 is 0 Å². The van der Waals surface area contributed by atoms with Gasteiger partial charge in [-0.25, -0.2) is 0 Å². The Hall–Kier alpha value is -1.14. The average molecular weight is 398 g/mol. The highest BCUT2D eigenvalue weighted by Gasteiger charge is 2.51. The van der Waals surface area contributed by atoms with E-state index in [0.29, 0.717) is 12.3 Å². The molecule has 162 valence electrons. The van der Waals surface area contributed by atoms with Crippen molar-refractivity contribution in [2.24, 2.45) is 22.9 Å². The summed E-state index contributed by atoms with van der Waals surface area (Å²) >= 11 is 0. The zero-order valence-electron chi connectivity index (χ0n) is 17.4. The number of carboxylic acids is 1. The Balaban J connectivity index is 1.58. The molecule has 6 nitrogen and oxygen atoms in total. The summed E-state index contributed by atoms with van der Waals surface area (Å²) in [4.78, 5) is 15.6. The zero-order valence-corrected chi connectivity index (χ0v) is 17.4. The third-order valence-corrected chi connectivity index (χ3v) is 6.49. The Labute approximate surface area is 169 Å². The summed E-state index contributed by atoms with van der Waals surface area (Å²) in [6.07, 6.45) is 12.2. The third-order valence-electron chi connectivity index (χ3n) is 6.49. The van der Waals surface area contributed by atoms with Crippen LogP contribution in [0.4, 0.5) is 0 Å². The van der Waals surface area contributed by atoms with E-state index in [9.17, 15) is 15.0 Å². The summed E-state index contributed by atoms with van der Waals surface area (Å²) in [5.74, 6) is 0.0532. The predicted molar refractivity (Wildman–Crippen MR) is 109 cm³/mol. The van der Waals surface area contributed by atoms with Gasteiger partial charge in [0, 0.05) is 5.92 Å². The first-order valence-electron chi connectivity index (χ1n) is 11.3. The molecule has 0 heterocycles. The highest BCUT2D eigenvalue weighted by atomic mass is 16.6. The van der Waals surface area contributed by atoms with Crippen LogP contribution in [0.3, 0.4) is 0 Å². The van der Waals surface area contributed by atoms with E-state index in [1.807, 2.05) is 0 Å². The number of fused-ring (bicyclic) bond motifs is 1. The lowest BCUT2D eigenvalue weighted by Gasteiger charge is -2.35. The quantitative estimate of drug-likeness (QED) is 0.285. The number of hydrogen-bond acceptors (Lipinski definition) is 5. The fourth-order valence-corrected chi connectivity index (χ4v) is 4.74. The molecule has 0 spiro atoms. The van der Waals surface area contributed by atoms with Crippen LogP contribution in [0.25, 0.3) is 0 Å². The molecule has 5 unspecified atom stereocenters. The fourth-order valence-electron chi connectivity index (χ4n) is 4.74. The van der Waals surface area contributed by atoms with Gasteiger partial charge in [-0.05, 0) is 43.9 Å². The summed E-state index contributed by atoms with van der Waals surface area (Å²) in [6, 6.07) is 0. The molecule has 0 aromatic rings. The second-order valence-corrected chi connectivity index (χ2v) is 8.64. The second-order valence-electron chi connectivity index (χ2n) is 8.64. The van der Waals surface area contributed by atoms with Crippen LogP contribution in [0.5, 0.6) is 0 Å². The van der Waals surface area contributed by atoms with Gasteiger partial charge in [0.05, 0.1) is 24.3 Å². The molecule has 2 aliphatic rings. The molecule has 3 N–H and O–H groups in total. The molecule has 2 saturated carbocycles. The van der Waals surface area contributed by atoms with Gasteiger partial charge in [-0.15, -0.1) is 0 Å². The first-order valence-corrected chi connectivity index (χ1v) is 11.3. The molecule has 6 heteroatoms. The lowest BCUT2D eigenvalue weighted by molar-refractivity contribution is -0.138. The van der Waals surface area contributed by atoms with E-state index in [0.717, 1.165) is 37.8 Å². The van der Waals surface area contributed by atoms with Crippen LogP contribution in [0.2, 0.25) is 0 Å². The van der Waals surface area contributed by atoms with Crippen LogP contribution >= 0.6 is 0 Å². The Bertz CT molecular complexity index is 495. The Morgan fingerprint density at radius 1 is 1.18 bits per heavy atom. The van der Waals surface area contributed by atoms with Crippen molar-refractivity contribution in [1.29, 1.82) is 0 Å². The van der Waals surface area contributed by atoms with E-state index in [1.165, 1.54) is 38.5 Å². The average Bonchev–Trinajstić information content (AvgIpc) is 2.89. The van der Waals surface area contributed by atoms with Crippen molar-refractivity contribution in [3.05, 3.63) is 0 Å². The van der Waals surface area contributed by atoms with Gasteiger partial charge < -0.3 is 20.2 Å². The molecule has 2 fully saturated rings. The van der Waals surface area contributed by atoms with Crippen LogP contribution in [0.15, 0.2) is 5.16 Å². The van der Waals surface area contributed by atoms with E-state index in [-0.39, 0.29) is 37.1 Å². The van der Waals surface area contributed by atoms with Crippen molar-refractivity contribution < 1.29 is 25.0 Å². The summed E-state index contributed by atoms with van der Waals surface area (Å²) < 4.78 is 0. The molecular formula is C22H39NO5. The van der Waals surface area contributed by atoms with E-state index in [1.54, 1.807) is 0 Å². The smallest absolute Gasteiger partial charge is 0.306 e. The van der Waals surface area contributed by atoms with Crippen molar-refractivity contribution in [3.8, 4) is 0 Å². The number of nitrogens with zero attached hydrogens (tertiary/aromatic N) is 1. The second kappa shape index (κ2) is 12.4. The van der Waals surface area contributed by atoms with Crippen molar-refractivity contribution in [3.63, 3.8) is 0 Å². The number of oxime groups is 1. The minimum Gasteiger partial charge on any atom is -0.481 e. The predicted octanol–water partition coefficient (Wildman–Crippen LogP) is 4.13. The lowest BCUT2D eigenvalue weighted by Crippen LogP contribution is -2.37. The van der Waals surface area contributed by atoms with Crippen LogP contribution in [0, 0.1) is 17.8 Å². The molecule has 2 rings (SSSR count). The number of unbranched alkanes of at least 4 members (excludes halogenated alkanes) is 6. The van der Waals surface area contributed by atoms with Gasteiger partial charge in [-0.1, -0.05) is 57.0 Å². The Morgan fingerprint density at radius 3 is 2.61 bits per heavy atom. The highest BCUT2D eigenvalue weighted by Crippen LogP contribution is 2.50. The van der Waals surface area contributed by atoms with Gasteiger partial charge in [0.15, 0.2) is 0 Å². The van der Waals surface area contributed by atoms with E-state index in [4.69, 9.17) is 9.94 Å². The topological polar surface area (TPSA) is 99.4 Å². The fraction of sp³-hybridized carbons (Fsp3) is 0.909. The number of aliphatic hydroxyl groups is 2. The van der Waals surface area contributed by atoms with Gasteiger partial charge in [0.1, 0.15) is 6.61 Å². The minimum atomic E-state index is -0.891. The highest BCUT2D eigenvalue weighted by molar-refractivity contribution is 5.93. The van der Waals surface area contributed by atoms with Crippen LogP contribution in [-0.4, -0.2) is 45.8 Å². The van der Waals surface area contributed by atoms with Crippen molar-refractivity contribution in [1.82, 2.24) is 0 Å². The molecule has 0 aromatic carbocycles. The standard InChI is InChI=1S/C22H39NO5/c1-2-3-4-5-6-7-8-9-16(24)10-11-17-18-14-20(19(18)15-21(17)25)23-28-13-12-22(26)27/h16-19,21,24-25H,2-15H2,1H3,(H,26,27). The maximum Gasteiger partial charge on any atom is 0.306 e. The van der Waals surface area contributed by atoms with Crippen molar-refractivity contribution >= 4 is 11.7 Å². The van der Waals surface area contributed by atoms with Gasteiger partial charge >= 0.3 is 5.97 Å². The summed E-state index contributed by atoms with van der Waals surface area (Å²) in [5.41, 5.74) is 0.959. The van der Waals surface area contributed by atoms with Gasteiger partial charge in [-0.2, -0.15) is 0 Å². The van der Waals surface area contributed by atoms with E-state index < -0.39 is 5.97 Å². The summed E-state index contributed by atoms with van der Waals surface area (Å²) in [6.45, 7) is 2.32. The molecular weight excluding hydrogens is 358 g/mol. The van der Waals surface area contributed by atoms with Crippen LogP contribution in [-0.2, 0) is 9.63 Å². The molecule has 0 radical (unpaired) electrons. The van der Waals surface area contributed by atoms with Crippen molar-refractivity contribution in [2.45, 2.75) is 103 Å². The molecule has 5 atom stereocenters. The van der Waals surface area contributed by atoms with Gasteiger partial charge in [0.25, 0.3) is 0 Å². The largest absolute Gasteiger partial charge is 0.481 e. The first kappa shape index (κ1) is 23.1. The number of carboxylic acid groups (broad SMARTS) is 1. The minimum absolute atomic E-state index is 0.0489. The van der Waals surface area contributed by atoms with E-state index >= 15 is 0 Å². The van der Waals surface area contributed by atoms with Crippen molar-refractivity contribution in [2.75, 3.05) is 6.61 Å². The maximum atomic E-state index is 10.5. The van der Waals surface area contributed by atoms with E-state index in [2.05, 4.69) is 12.1 Å². The number of carbonyl (C=O) groups is 1. The zero-order chi connectivity index (χ0) is 20.4. The number of hydrogen-bond donors (Lipinski definition) is 3. The molecule has 0 amide bonds. The summed E-state index contributed by atoms with van der Waals surface area (Å²) in [5, 5.41) is 33.4. The lowest BCUT2D eigenvalue weighted by atomic mass is 9.70. The molecule has 2 aliphatic carbocycles. The molecule has 0 saturated heterocycles. The SMILES string of the molecule is CCCCCCCCCC(O)CCC1C(O)CC2C(=NOCCC(=O)O)CC21.